The minimum absolute atomic E-state index is 0.281. The van der Waals surface area contributed by atoms with E-state index in [1.165, 1.54) is 4.90 Å². The van der Waals surface area contributed by atoms with Gasteiger partial charge in [-0.05, 0) is 63.8 Å². The zero-order valence-corrected chi connectivity index (χ0v) is 13.5. The van der Waals surface area contributed by atoms with Crippen LogP contribution in [0, 0.1) is 13.8 Å². The summed E-state index contributed by atoms with van der Waals surface area (Å²) in [7, 11) is 0. The Hall–Kier alpha value is -2.04. The predicted molar refractivity (Wildman–Crippen MR) is 83.0 cm³/mol. The highest BCUT2D eigenvalue weighted by atomic mass is 16.5. The van der Waals surface area contributed by atoms with Crippen molar-refractivity contribution < 1.29 is 19.4 Å². The number of aryl methyl sites for hydroxylation is 2. The molecule has 2 rings (SSSR count). The Morgan fingerprint density at radius 1 is 1.23 bits per heavy atom. The molecule has 1 aliphatic heterocycles. The van der Waals surface area contributed by atoms with Gasteiger partial charge in [0.05, 0.1) is 0 Å². The second-order valence-electron chi connectivity index (χ2n) is 6.43. The molecule has 120 valence electrons. The fourth-order valence-corrected chi connectivity index (χ4v) is 2.94. The van der Waals surface area contributed by atoms with Crippen LogP contribution in [0.3, 0.4) is 0 Å². The van der Waals surface area contributed by atoms with E-state index in [4.69, 9.17) is 4.74 Å². The second-order valence-corrected chi connectivity index (χ2v) is 6.43. The standard InChI is InChI=1S/C17H23NO4/c1-11-8-12(2)10-13(9-11)22-17(3,4)16(21)18-7-5-6-14(18)15(19)20/h8-10,14H,5-7H2,1-4H3,(H,19,20). The van der Waals surface area contributed by atoms with Crippen molar-refractivity contribution in [1.82, 2.24) is 4.90 Å². The third-order valence-electron chi connectivity index (χ3n) is 3.88. The summed E-state index contributed by atoms with van der Waals surface area (Å²) in [6.07, 6.45) is 1.21. The smallest absolute Gasteiger partial charge is 0.326 e. The molecule has 1 aliphatic rings. The molecule has 0 radical (unpaired) electrons. The van der Waals surface area contributed by atoms with Gasteiger partial charge in [-0.3, -0.25) is 4.79 Å². The summed E-state index contributed by atoms with van der Waals surface area (Å²) in [4.78, 5) is 25.4. The van der Waals surface area contributed by atoms with Crippen molar-refractivity contribution in [3.8, 4) is 5.75 Å². The molecule has 1 atom stereocenters. The molecule has 1 aromatic carbocycles. The maximum Gasteiger partial charge on any atom is 0.326 e. The van der Waals surface area contributed by atoms with E-state index >= 15 is 0 Å². The third kappa shape index (κ3) is 3.40. The first kappa shape index (κ1) is 16.3. The zero-order chi connectivity index (χ0) is 16.5. The number of carboxylic acid groups (broad SMARTS) is 1. The highest BCUT2D eigenvalue weighted by Gasteiger charge is 2.42. The minimum Gasteiger partial charge on any atom is -0.480 e. The molecule has 0 bridgehead atoms. The molecule has 0 aliphatic carbocycles. The molecule has 5 nitrogen and oxygen atoms in total. The van der Waals surface area contributed by atoms with Crippen LogP contribution in [0.5, 0.6) is 5.75 Å². The molecule has 0 aromatic heterocycles. The van der Waals surface area contributed by atoms with Gasteiger partial charge in [-0.15, -0.1) is 0 Å². The number of aliphatic carboxylic acids is 1. The lowest BCUT2D eigenvalue weighted by atomic mass is 10.1. The quantitative estimate of drug-likeness (QED) is 0.928. The largest absolute Gasteiger partial charge is 0.480 e. The monoisotopic (exact) mass is 305 g/mol. The Morgan fingerprint density at radius 3 is 2.36 bits per heavy atom. The van der Waals surface area contributed by atoms with Crippen molar-refractivity contribution in [2.45, 2.75) is 52.2 Å². The molecule has 0 spiro atoms. The van der Waals surface area contributed by atoms with E-state index in [1.807, 2.05) is 32.0 Å². The van der Waals surface area contributed by atoms with E-state index in [0.717, 1.165) is 11.1 Å². The van der Waals surface area contributed by atoms with Gasteiger partial charge in [-0.1, -0.05) is 6.07 Å². The van der Waals surface area contributed by atoms with E-state index in [1.54, 1.807) is 13.8 Å². The molecule has 1 N–H and O–H groups in total. The fraction of sp³-hybridized carbons (Fsp3) is 0.529. The second kappa shape index (κ2) is 5.99. The maximum absolute atomic E-state index is 12.7. The van der Waals surface area contributed by atoms with Crippen LogP contribution in [-0.4, -0.2) is 40.1 Å². The van der Waals surface area contributed by atoms with Gasteiger partial charge in [0.25, 0.3) is 5.91 Å². The summed E-state index contributed by atoms with van der Waals surface area (Å²) in [6.45, 7) is 7.77. The molecular formula is C17H23NO4. The SMILES string of the molecule is Cc1cc(C)cc(OC(C)(C)C(=O)N2CCCC2C(=O)O)c1. The predicted octanol–water partition coefficient (Wildman–Crippen LogP) is 2.54. The Kier molecular flexibility index (Phi) is 4.44. The minimum atomic E-state index is -1.10. The molecule has 1 amide bonds. The number of carboxylic acids is 1. The number of carbonyl (C=O) groups excluding carboxylic acids is 1. The summed E-state index contributed by atoms with van der Waals surface area (Å²) in [5.74, 6) is -0.605. The number of benzene rings is 1. The van der Waals surface area contributed by atoms with Crippen LogP contribution in [0.25, 0.3) is 0 Å². The van der Waals surface area contributed by atoms with Gasteiger partial charge in [-0.25, -0.2) is 4.79 Å². The molecule has 5 heteroatoms. The van der Waals surface area contributed by atoms with Gasteiger partial charge >= 0.3 is 5.97 Å². The number of likely N-dealkylation sites (tertiary alicyclic amines) is 1. The number of hydrogen-bond acceptors (Lipinski definition) is 3. The Bertz CT molecular complexity index is 574. The Morgan fingerprint density at radius 2 is 1.82 bits per heavy atom. The van der Waals surface area contributed by atoms with Crippen molar-refractivity contribution >= 4 is 11.9 Å². The van der Waals surface area contributed by atoms with Gasteiger partial charge in [0.1, 0.15) is 11.8 Å². The van der Waals surface area contributed by atoms with Crippen LogP contribution in [0.2, 0.25) is 0 Å². The molecule has 1 fully saturated rings. The van der Waals surface area contributed by atoms with Gasteiger partial charge in [0.2, 0.25) is 0 Å². The van der Waals surface area contributed by atoms with Crippen LogP contribution in [0.1, 0.15) is 37.8 Å². The number of ether oxygens (including phenoxy) is 1. The number of hydrogen-bond donors (Lipinski definition) is 1. The molecule has 1 aromatic rings. The van der Waals surface area contributed by atoms with Crippen LogP contribution in [0.15, 0.2) is 18.2 Å². The first-order chi connectivity index (χ1) is 10.2. The summed E-state index contributed by atoms with van der Waals surface area (Å²) in [6, 6.07) is 5.04. The lowest BCUT2D eigenvalue weighted by Crippen LogP contribution is -2.52. The summed E-state index contributed by atoms with van der Waals surface area (Å²) in [5.41, 5.74) is 1.02. The van der Waals surface area contributed by atoms with Crippen LogP contribution in [0.4, 0.5) is 0 Å². The van der Waals surface area contributed by atoms with Gasteiger partial charge < -0.3 is 14.7 Å². The highest BCUT2D eigenvalue weighted by Crippen LogP contribution is 2.26. The topological polar surface area (TPSA) is 66.8 Å². The average molecular weight is 305 g/mol. The number of nitrogens with zero attached hydrogens (tertiary/aromatic N) is 1. The van der Waals surface area contributed by atoms with Crippen LogP contribution in [-0.2, 0) is 9.59 Å². The molecule has 1 unspecified atom stereocenters. The summed E-state index contributed by atoms with van der Waals surface area (Å²) >= 11 is 0. The lowest BCUT2D eigenvalue weighted by Gasteiger charge is -2.32. The average Bonchev–Trinajstić information content (AvgIpc) is 2.84. The molecule has 1 heterocycles. The Labute approximate surface area is 130 Å². The van der Waals surface area contributed by atoms with E-state index < -0.39 is 17.6 Å². The van der Waals surface area contributed by atoms with E-state index in [2.05, 4.69) is 0 Å². The fourth-order valence-electron chi connectivity index (χ4n) is 2.94. The van der Waals surface area contributed by atoms with E-state index in [0.29, 0.717) is 25.1 Å². The van der Waals surface area contributed by atoms with Crippen LogP contribution < -0.4 is 4.74 Å². The van der Waals surface area contributed by atoms with Gasteiger partial charge in [0, 0.05) is 6.54 Å². The van der Waals surface area contributed by atoms with Crippen molar-refractivity contribution in [1.29, 1.82) is 0 Å². The zero-order valence-electron chi connectivity index (χ0n) is 13.5. The maximum atomic E-state index is 12.7. The summed E-state index contributed by atoms with van der Waals surface area (Å²) in [5, 5.41) is 9.23. The highest BCUT2D eigenvalue weighted by molar-refractivity contribution is 5.89. The summed E-state index contributed by atoms with van der Waals surface area (Å²) < 4.78 is 5.88. The van der Waals surface area contributed by atoms with Gasteiger partial charge in [0.15, 0.2) is 5.60 Å². The molecular weight excluding hydrogens is 282 g/mol. The van der Waals surface area contributed by atoms with Gasteiger partial charge in [-0.2, -0.15) is 0 Å². The third-order valence-corrected chi connectivity index (χ3v) is 3.88. The van der Waals surface area contributed by atoms with E-state index in [9.17, 15) is 14.7 Å². The Balaban J connectivity index is 2.18. The van der Waals surface area contributed by atoms with Crippen LogP contribution >= 0.6 is 0 Å². The molecule has 22 heavy (non-hydrogen) atoms. The number of amides is 1. The number of carbonyl (C=O) groups is 2. The first-order valence-electron chi connectivity index (χ1n) is 7.52. The lowest BCUT2D eigenvalue weighted by molar-refractivity contribution is -0.155. The first-order valence-corrected chi connectivity index (χ1v) is 7.52. The molecule has 0 saturated carbocycles. The van der Waals surface area contributed by atoms with Crippen molar-refractivity contribution in [2.75, 3.05) is 6.54 Å². The normalized spacial score (nSPS) is 18.4. The van der Waals surface area contributed by atoms with Crippen molar-refractivity contribution in [3.63, 3.8) is 0 Å². The number of rotatable bonds is 4. The molecule has 1 saturated heterocycles. The van der Waals surface area contributed by atoms with Crippen molar-refractivity contribution in [3.05, 3.63) is 29.3 Å². The van der Waals surface area contributed by atoms with E-state index in [-0.39, 0.29) is 5.91 Å². The van der Waals surface area contributed by atoms with Crippen molar-refractivity contribution in [2.24, 2.45) is 0 Å².